The van der Waals surface area contributed by atoms with Crippen molar-refractivity contribution in [2.24, 2.45) is 4.99 Å². The topological polar surface area (TPSA) is 78.4 Å². The standard InChI is InChI=1S/C22H23N5O.HI/c1-23-22(25-13-15-10-11-24-19-8-4-2-6-17(15)19)26-14-16-12-21(28)27-20-9-5-3-7-18(16)20;/h2-11,16H,12-14H2,1H3,(H,27,28)(H2,23,25,26);1H. The van der Waals surface area contributed by atoms with Gasteiger partial charge in [0, 0.05) is 49.7 Å². The van der Waals surface area contributed by atoms with E-state index in [1.807, 2.05) is 48.7 Å². The van der Waals surface area contributed by atoms with E-state index in [0.29, 0.717) is 25.5 Å². The maximum Gasteiger partial charge on any atom is 0.225 e. The van der Waals surface area contributed by atoms with Crippen LogP contribution in [0.5, 0.6) is 0 Å². The first-order valence-corrected chi connectivity index (χ1v) is 9.40. The molecule has 0 saturated carbocycles. The lowest BCUT2D eigenvalue weighted by Gasteiger charge is -2.26. The monoisotopic (exact) mass is 501 g/mol. The highest BCUT2D eigenvalue weighted by molar-refractivity contribution is 14.0. The first-order chi connectivity index (χ1) is 13.7. The summed E-state index contributed by atoms with van der Waals surface area (Å²) in [5.74, 6) is 0.881. The second-order valence-corrected chi connectivity index (χ2v) is 6.83. The summed E-state index contributed by atoms with van der Waals surface area (Å²) in [7, 11) is 1.75. The highest BCUT2D eigenvalue weighted by atomic mass is 127. The molecular formula is C22H24IN5O. The molecule has 0 radical (unpaired) electrons. The number of halogens is 1. The highest BCUT2D eigenvalue weighted by Crippen LogP contribution is 2.31. The molecule has 7 heteroatoms. The van der Waals surface area contributed by atoms with Crippen LogP contribution in [-0.4, -0.2) is 30.4 Å². The number of para-hydroxylation sites is 2. The molecule has 1 unspecified atom stereocenters. The van der Waals surface area contributed by atoms with Crippen LogP contribution in [-0.2, 0) is 11.3 Å². The van der Waals surface area contributed by atoms with E-state index in [4.69, 9.17) is 0 Å². The molecule has 2 aromatic carbocycles. The lowest BCUT2D eigenvalue weighted by molar-refractivity contribution is -0.116. The quantitative estimate of drug-likeness (QED) is 0.290. The van der Waals surface area contributed by atoms with Gasteiger partial charge in [-0.2, -0.15) is 0 Å². The fraction of sp³-hybridized carbons (Fsp3) is 0.227. The minimum atomic E-state index is 0. The molecule has 1 aliphatic rings. The van der Waals surface area contributed by atoms with Crippen LogP contribution in [0.15, 0.2) is 65.8 Å². The Morgan fingerprint density at radius 2 is 1.93 bits per heavy atom. The number of pyridine rings is 1. The molecule has 1 aromatic heterocycles. The molecule has 0 fully saturated rings. The van der Waals surface area contributed by atoms with E-state index in [-0.39, 0.29) is 35.8 Å². The number of nitrogens with one attached hydrogen (secondary N) is 3. The van der Waals surface area contributed by atoms with Crippen molar-refractivity contribution in [3.63, 3.8) is 0 Å². The maximum atomic E-state index is 12.0. The number of aromatic nitrogens is 1. The average Bonchev–Trinajstić information content (AvgIpc) is 2.73. The Bertz CT molecular complexity index is 1030. The van der Waals surface area contributed by atoms with Crippen LogP contribution in [0.25, 0.3) is 10.9 Å². The van der Waals surface area contributed by atoms with Gasteiger partial charge in [0.2, 0.25) is 5.91 Å². The summed E-state index contributed by atoms with van der Waals surface area (Å²) in [6.45, 7) is 1.28. The molecule has 1 atom stereocenters. The van der Waals surface area contributed by atoms with E-state index in [2.05, 4.69) is 38.1 Å². The summed E-state index contributed by atoms with van der Waals surface area (Å²) in [6, 6.07) is 18.1. The second-order valence-electron chi connectivity index (χ2n) is 6.83. The molecule has 3 N–H and O–H groups in total. The van der Waals surface area contributed by atoms with Gasteiger partial charge in [-0.1, -0.05) is 36.4 Å². The molecule has 6 nitrogen and oxygen atoms in total. The molecule has 0 saturated heterocycles. The third-order valence-corrected chi connectivity index (χ3v) is 5.03. The summed E-state index contributed by atoms with van der Waals surface area (Å²) in [6.07, 6.45) is 2.29. The predicted octanol–water partition coefficient (Wildman–Crippen LogP) is 3.64. The van der Waals surface area contributed by atoms with E-state index in [1.54, 1.807) is 7.05 Å². The van der Waals surface area contributed by atoms with Crippen molar-refractivity contribution in [3.05, 3.63) is 71.9 Å². The number of amides is 1. The number of rotatable bonds is 4. The normalized spacial score (nSPS) is 15.8. The zero-order valence-electron chi connectivity index (χ0n) is 16.2. The second kappa shape index (κ2) is 9.69. The van der Waals surface area contributed by atoms with Crippen molar-refractivity contribution in [2.45, 2.75) is 18.9 Å². The molecule has 2 heterocycles. The van der Waals surface area contributed by atoms with Gasteiger partial charge in [0.05, 0.1) is 5.52 Å². The number of hydrogen-bond acceptors (Lipinski definition) is 3. The van der Waals surface area contributed by atoms with Crippen LogP contribution in [0, 0.1) is 0 Å². The van der Waals surface area contributed by atoms with Gasteiger partial charge in [0.1, 0.15) is 0 Å². The Balaban J connectivity index is 0.00000240. The zero-order valence-corrected chi connectivity index (χ0v) is 18.5. The lowest BCUT2D eigenvalue weighted by atomic mass is 9.90. The van der Waals surface area contributed by atoms with E-state index in [9.17, 15) is 4.79 Å². The summed E-state index contributed by atoms with van der Waals surface area (Å²) >= 11 is 0. The lowest BCUT2D eigenvalue weighted by Crippen LogP contribution is -2.40. The zero-order chi connectivity index (χ0) is 19.3. The number of aliphatic imine (C=N–C) groups is 1. The first-order valence-electron chi connectivity index (χ1n) is 9.40. The molecule has 0 spiro atoms. The maximum absolute atomic E-state index is 12.0. The van der Waals surface area contributed by atoms with Crippen molar-refractivity contribution < 1.29 is 4.79 Å². The van der Waals surface area contributed by atoms with Gasteiger partial charge in [-0.25, -0.2) is 0 Å². The smallest absolute Gasteiger partial charge is 0.225 e. The number of carbonyl (C=O) groups is 1. The van der Waals surface area contributed by atoms with Crippen molar-refractivity contribution in [1.29, 1.82) is 0 Å². The van der Waals surface area contributed by atoms with Gasteiger partial charge >= 0.3 is 0 Å². The molecule has 29 heavy (non-hydrogen) atoms. The van der Waals surface area contributed by atoms with Gasteiger partial charge in [0.25, 0.3) is 0 Å². The van der Waals surface area contributed by atoms with Crippen LogP contribution < -0.4 is 16.0 Å². The fourth-order valence-corrected chi connectivity index (χ4v) is 3.61. The summed E-state index contributed by atoms with van der Waals surface area (Å²) in [5.41, 5.74) is 4.20. The van der Waals surface area contributed by atoms with Crippen molar-refractivity contribution in [2.75, 3.05) is 18.9 Å². The third kappa shape index (κ3) is 4.84. The van der Waals surface area contributed by atoms with E-state index >= 15 is 0 Å². The number of guanidine groups is 1. The number of benzene rings is 2. The Kier molecular flexibility index (Phi) is 7.03. The fourth-order valence-electron chi connectivity index (χ4n) is 3.61. The summed E-state index contributed by atoms with van der Waals surface area (Å²) in [5, 5.41) is 10.8. The van der Waals surface area contributed by atoms with E-state index in [1.165, 1.54) is 0 Å². The SMILES string of the molecule is CN=C(NCc1ccnc2ccccc12)NCC1CC(=O)Nc2ccccc21.I. The number of fused-ring (bicyclic) bond motifs is 2. The minimum Gasteiger partial charge on any atom is -0.356 e. The van der Waals surface area contributed by atoms with Crippen LogP contribution in [0.1, 0.15) is 23.5 Å². The van der Waals surface area contributed by atoms with Crippen LogP contribution in [0.2, 0.25) is 0 Å². The summed E-state index contributed by atoms with van der Waals surface area (Å²) < 4.78 is 0. The predicted molar refractivity (Wildman–Crippen MR) is 128 cm³/mol. The van der Waals surface area contributed by atoms with Gasteiger partial charge in [0.15, 0.2) is 5.96 Å². The minimum absolute atomic E-state index is 0. The van der Waals surface area contributed by atoms with Crippen LogP contribution in [0.3, 0.4) is 0 Å². The van der Waals surface area contributed by atoms with Gasteiger partial charge in [-0.15, -0.1) is 24.0 Å². The summed E-state index contributed by atoms with van der Waals surface area (Å²) in [4.78, 5) is 20.7. The van der Waals surface area contributed by atoms with Gasteiger partial charge < -0.3 is 16.0 Å². The van der Waals surface area contributed by atoms with Crippen molar-refractivity contribution in [3.8, 4) is 0 Å². The number of hydrogen-bond donors (Lipinski definition) is 3. The van der Waals surface area contributed by atoms with E-state index in [0.717, 1.165) is 27.7 Å². The van der Waals surface area contributed by atoms with Crippen molar-refractivity contribution in [1.82, 2.24) is 15.6 Å². The number of nitrogens with zero attached hydrogens (tertiary/aromatic N) is 2. The molecule has 1 amide bonds. The van der Waals surface area contributed by atoms with Crippen molar-refractivity contribution >= 4 is 52.4 Å². The number of anilines is 1. The van der Waals surface area contributed by atoms with Crippen LogP contribution >= 0.6 is 24.0 Å². The Labute approximate surface area is 187 Å². The largest absolute Gasteiger partial charge is 0.356 e. The number of carbonyl (C=O) groups excluding carboxylic acids is 1. The van der Waals surface area contributed by atoms with E-state index < -0.39 is 0 Å². The Morgan fingerprint density at radius 1 is 1.14 bits per heavy atom. The average molecular weight is 501 g/mol. The molecule has 3 aromatic rings. The molecular weight excluding hydrogens is 477 g/mol. The Morgan fingerprint density at radius 3 is 2.79 bits per heavy atom. The highest BCUT2D eigenvalue weighted by Gasteiger charge is 2.24. The molecule has 4 rings (SSSR count). The molecule has 1 aliphatic heterocycles. The molecule has 0 bridgehead atoms. The van der Waals surface area contributed by atoms with Crippen LogP contribution in [0.4, 0.5) is 5.69 Å². The van der Waals surface area contributed by atoms with Gasteiger partial charge in [-0.05, 0) is 29.3 Å². The molecule has 0 aliphatic carbocycles. The Hall–Kier alpha value is -2.68. The molecule has 150 valence electrons. The third-order valence-electron chi connectivity index (χ3n) is 5.03. The van der Waals surface area contributed by atoms with Gasteiger partial charge in [-0.3, -0.25) is 14.8 Å². The first kappa shape index (κ1) is 21.0.